The average molecular weight is 185 g/mol. The third-order valence-electron chi connectivity index (χ3n) is 3.65. The molecule has 0 aliphatic heterocycles. The van der Waals surface area contributed by atoms with Crippen molar-refractivity contribution < 1.29 is 5.11 Å². The van der Waals surface area contributed by atoms with E-state index in [-0.39, 0.29) is 17.4 Å². The molecule has 0 heterocycles. The third-order valence-corrected chi connectivity index (χ3v) is 3.65. The molecule has 1 aliphatic rings. The molecule has 1 fully saturated rings. The smallest absolute Gasteiger partial charge is 0.0469 e. The zero-order valence-corrected chi connectivity index (χ0v) is 9.30. The molecule has 0 aromatic heterocycles. The zero-order valence-electron chi connectivity index (χ0n) is 9.30. The standard InChI is InChI=1S/C11H23NO/c1-10(2)5-8(12)6-11(3,4)9(10)7-13/h8-9,13H,5-7,12H2,1-4H3. The first-order valence-corrected chi connectivity index (χ1v) is 5.16. The lowest BCUT2D eigenvalue weighted by molar-refractivity contribution is -0.0315. The van der Waals surface area contributed by atoms with Crippen LogP contribution in [0.4, 0.5) is 0 Å². The molecule has 0 unspecified atom stereocenters. The lowest BCUT2D eigenvalue weighted by Crippen LogP contribution is -2.49. The highest BCUT2D eigenvalue weighted by molar-refractivity contribution is 4.97. The third kappa shape index (κ3) is 2.05. The Balaban J connectivity index is 2.88. The molecule has 1 rings (SSSR count). The molecule has 0 atom stereocenters. The molecule has 1 saturated carbocycles. The first-order valence-electron chi connectivity index (χ1n) is 5.16. The molecule has 2 heteroatoms. The van der Waals surface area contributed by atoms with E-state index in [0.717, 1.165) is 12.8 Å². The average Bonchev–Trinajstić information content (AvgIpc) is 1.79. The van der Waals surface area contributed by atoms with E-state index in [4.69, 9.17) is 5.73 Å². The molecule has 78 valence electrons. The van der Waals surface area contributed by atoms with Gasteiger partial charge in [0.25, 0.3) is 0 Å². The molecule has 0 saturated heterocycles. The number of aliphatic hydroxyl groups is 1. The Hall–Kier alpha value is -0.0800. The van der Waals surface area contributed by atoms with E-state index < -0.39 is 0 Å². The molecule has 3 N–H and O–H groups in total. The van der Waals surface area contributed by atoms with Crippen molar-refractivity contribution in [1.29, 1.82) is 0 Å². The van der Waals surface area contributed by atoms with Gasteiger partial charge in [-0.05, 0) is 29.6 Å². The summed E-state index contributed by atoms with van der Waals surface area (Å²) in [7, 11) is 0. The maximum absolute atomic E-state index is 9.41. The summed E-state index contributed by atoms with van der Waals surface area (Å²) in [6.07, 6.45) is 2.06. The van der Waals surface area contributed by atoms with E-state index in [0.29, 0.717) is 12.0 Å². The summed E-state index contributed by atoms with van der Waals surface area (Å²) >= 11 is 0. The molecule has 0 aromatic carbocycles. The molecule has 0 aromatic rings. The second-order valence-corrected chi connectivity index (χ2v) is 5.88. The number of hydrogen-bond donors (Lipinski definition) is 2. The largest absolute Gasteiger partial charge is 0.396 e. The van der Waals surface area contributed by atoms with Crippen LogP contribution in [0.5, 0.6) is 0 Å². The Labute approximate surface area is 81.5 Å². The fourth-order valence-corrected chi connectivity index (χ4v) is 3.26. The number of nitrogens with two attached hydrogens (primary N) is 1. The highest BCUT2D eigenvalue weighted by Crippen LogP contribution is 2.49. The maximum atomic E-state index is 9.41. The molecule has 0 spiro atoms. The minimum Gasteiger partial charge on any atom is -0.396 e. The fourth-order valence-electron chi connectivity index (χ4n) is 3.26. The van der Waals surface area contributed by atoms with Crippen LogP contribution in [0.2, 0.25) is 0 Å². The van der Waals surface area contributed by atoms with Gasteiger partial charge in [0.2, 0.25) is 0 Å². The monoisotopic (exact) mass is 185 g/mol. The molecule has 0 bridgehead atoms. The first-order chi connectivity index (χ1) is 5.79. The molecule has 1 aliphatic carbocycles. The van der Waals surface area contributed by atoms with Crippen LogP contribution in [0, 0.1) is 16.7 Å². The molecule has 0 amide bonds. The van der Waals surface area contributed by atoms with Crippen molar-refractivity contribution in [2.75, 3.05) is 6.61 Å². The van der Waals surface area contributed by atoms with Crippen LogP contribution >= 0.6 is 0 Å². The van der Waals surface area contributed by atoms with Crippen LogP contribution in [-0.2, 0) is 0 Å². The molecule has 0 radical (unpaired) electrons. The fraction of sp³-hybridized carbons (Fsp3) is 1.00. The summed E-state index contributed by atoms with van der Waals surface area (Å²) in [5, 5.41) is 9.41. The van der Waals surface area contributed by atoms with Crippen molar-refractivity contribution >= 4 is 0 Å². The van der Waals surface area contributed by atoms with Crippen LogP contribution in [0.15, 0.2) is 0 Å². The van der Waals surface area contributed by atoms with E-state index in [1.807, 2.05) is 0 Å². The second-order valence-electron chi connectivity index (χ2n) is 5.88. The van der Waals surface area contributed by atoms with Gasteiger partial charge in [0.15, 0.2) is 0 Å². The van der Waals surface area contributed by atoms with Crippen molar-refractivity contribution in [2.45, 2.75) is 46.6 Å². The number of hydrogen-bond acceptors (Lipinski definition) is 2. The van der Waals surface area contributed by atoms with Crippen LogP contribution in [-0.4, -0.2) is 17.8 Å². The van der Waals surface area contributed by atoms with Gasteiger partial charge in [-0.15, -0.1) is 0 Å². The van der Waals surface area contributed by atoms with E-state index >= 15 is 0 Å². The van der Waals surface area contributed by atoms with Crippen molar-refractivity contribution in [2.24, 2.45) is 22.5 Å². The van der Waals surface area contributed by atoms with Crippen molar-refractivity contribution in [1.82, 2.24) is 0 Å². The maximum Gasteiger partial charge on any atom is 0.0469 e. The zero-order chi connectivity index (χ0) is 10.3. The van der Waals surface area contributed by atoms with Gasteiger partial charge in [-0.1, -0.05) is 27.7 Å². The molecular formula is C11H23NO. The van der Waals surface area contributed by atoms with Crippen molar-refractivity contribution in [3.8, 4) is 0 Å². The van der Waals surface area contributed by atoms with Gasteiger partial charge < -0.3 is 10.8 Å². The van der Waals surface area contributed by atoms with Gasteiger partial charge in [0.1, 0.15) is 0 Å². The van der Waals surface area contributed by atoms with E-state index in [2.05, 4.69) is 27.7 Å². The number of aliphatic hydroxyl groups excluding tert-OH is 1. The van der Waals surface area contributed by atoms with Crippen molar-refractivity contribution in [3.63, 3.8) is 0 Å². The van der Waals surface area contributed by atoms with Crippen LogP contribution in [0.25, 0.3) is 0 Å². The summed E-state index contributed by atoms with van der Waals surface area (Å²) in [5.74, 6) is 0.375. The van der Waals surface area contributed by atoms with E-state index in [9.17, 15) is 5.11 Å². The second kappa shape index (κ2) is 3.25. The van der Waals surface area contributed by atoms with Crippen molar-refractivity contribution in [3.05, 3.63) is 0 Å². The van der Waals surface area contributed by atoms with Gasteiger partial charge in [-0.2, -0.15) is 0 Å². The van der Waals surface area contributed by atoms with Gasteiger partial charge in [0, 0.05) is 12.6 Å². The predicted molar refractivity (Wildman–Crippen MR) is 55.3 cm³/mol. The molecule has 2 nitrogen and oxygen atoms in total. The van der Waals surface area contributed by atoms with Crippen LogP contribution < -0.4 is 5.73 Å². The summed E-state index contributed by atoms with van der Waals surface area (Å²) in [5.41, 5.74) is 6.37. The highest BCUT2D eigenvalue weighted by atomic mass is 16.3. The van der Waals surface area contributed by atoms with Gasteiger partial charge in [0.05, 0.1) is 0 Å². The lowest BCUT2D eigenvalue weighted by Gasteiger charge is -2.50. The summed E-state index contributed by atoms with van der Waals surface area (Å²) in [4.78, 5) is 0. The lowest BCUT2D eigenvalue weighted by atomic mass is 9.56. The van der Waals surface area contributed by atoms with Gasteiger partial charge >= 0.3 is 0 Å². The minimum absolute atomic E-state index is 0.177. The predicted octanol–water partition coefficient (Wildman–Crippen LogP) is 1.77. The van der Waals surface area contributed by atoms with Crippen LogP contribution in [0.3, 0.4) is 0 Å². The highest BCUT2D eigenvalue weighted by Gasteiger charge is 2.45. The Morgan fingerprint density at radius 1 is 1.15 bits per heavy atom. The first kappa shape index (κ1) is 11.0. The Morgan fingerprint density at radius 2 is 1.54 bits per heavy atom. The Kier molecular flexibility index (Phi) is 2.75. The summed E-state index contributed by atoms with van der Waals surface area (Å²) < 4.78 is 0. The molecule has 13 heavy (non-hydrogen) atoms. The molecular weight excluding hydrogens is 162 g/mol. The summed E-state index contributed by atoms with van der Waals surface area (Å²) in [6, 6.07) is 0.299. The Morgan fingerprint density at radius 3 is 1.85 bits per heavy atom. The van der Waals surface area contributed by atoms with Crippen LogP contribution in [0.1, 0.15) is 40.5 Å². The SMILES string of the molecule is CC1(C)CC(N)CC(C)(C)C1CO. The topological polar surface area (TPSA) is 46.2 Å². The number of rotatable bonds is 1. The normalized spacial score (nSPS) is 37.4. The minimum atomic E-state index is 0.177. The van der Waals surface area contributed by atoms with E-state index in [1.165, 1.54) is 0 Å². The van der Waals surface area contributed by atoms with Gasteiger partial charge in [-0.3, -0.25) is 0 Å². The Bertz CT molecular complexity index is 169. The quantitative estimate of drug-likeness (QED) is 0.654. The van der Waals surface area contributed by atoms with E-state index in [1.54, 1.807) is 0 Å². The summed E-state index contributed by atoms with van der Waals surface area (Å²) in [6.45, 7) is 9.15. The van der Waals surface area contributed by atoms with Gasteiger partial charge in [-0.25, -0.2) is 0 Å².